The third-order valence-corrected chi connectivity index (χ3v) is 5.13. The van der Waals surface area contributed by atoms with Crippen LogP contribution in [-0.2, 0) is 11.3 Å². The minimum absolute atomic E-state index is 0.177. The van der Waals surface area contributed by atoms with Gasteiger partial charge in [-0.1, -0.05) is 23.7 Å². The summed E-state index contributed by atoms with van der Waals surface area (Å²) in [5.74, 6) is 0.177. The summed E-state index contributed by atoms with van der Waals surface area (Å²) < 4.78 is 5.16. The molecule has 150 valence electrons. The second-order valence-electron chi connectivity index (χ2n) is 7.50. The number of amides is 1. The van der Waals surface area contributed by atoms with Crippen molar-refractivity contribution in [2.45, 2.75) is 12.5 Å². The van der Waals surface area contributed by atoms with Crippen LogP contribution in [0.4, 0.5) is 16.2 Å². The molecule has 2 aromatic rings. The molecule has 1 atom stereocenters. The molecular weight excluding hydrogens is 376 g/mol. The number of likely N-dealkylation sites (N-methyl/N-ethyl adjacent to an activating group) is 2. The van der Waals surface area contributed by atoms with Crippen LogP contribution in [0.5, 0.6) is 0 Å². The molecule has 0 aliphatic carbocycles. The molecule has 0 saturated carbocycles. The molecule has 0 fully saturated rings. The Labute approximate surface area is 171 Å². The van der Waals surface area contributed by atoms with Gasteiger partial charge in [-0.05, 0) is 62.1 Å². The number of nitrogens with one attached hydrogen (secondary N) is 1. The zero-order valence-electron chi connectivity index (χ0n) is 16.5. The number of halogens is 1. The average Bonchev–Trinajstić information content (AvgIpc) is 2.62. The maximum absolute atomic E-state index is 11.9. The van der Waals surface area contributed by atoms with Gasteiger partial charge in [-0.25, -0.2) is 4.79 Å². The second kappa shape index (κ2) is 8.82. The standard InChI is InChI=1S/C21H27ClN4O2/c1-25(2)8-9-28-21(27)24-16-6-4-14(5-7-16)18-12-26(3)13-19-17(18)10-15(22)11-20(19)23/h4-7,10-11,18H,8-9,12-13,23H2,1-3H3,(H,24,27). The van der Waals surface area contributed by atoms with Gasteiger partial charge in [0.25, 0.3) is 0 Å². The van der Waals surface area contributed by atoms with E-state index in [1.54, 1.807) is 0 Å². The van der Waals surface area contributed by atoms with Crippen LogP contribution in [0.1, 0.15) is 22.6 Å². The summed E-state index contributed by atoms with van der Waals surface area (Å²) in [6.07, 6.45) is -0.447. The van der Waals surface area contributed by atoms with Crippen LogP contribution >= 0.6 is 11.6 Å². The van der Waals surface area contributed by atoms with Crippen molar-refractivity contribution in [2.24, 2.45) is 0 Å². The highest BCUT2D eigenvalue weighted by Gasteiger charge is 2.26. The summed E-state index contributed by atoms with van der Waals surface area (Å²) in [6.45, 7) is 2.73. The van der Waals surface area contributed by atoms with E-state index in [0.29, 0.717) is 23.9 Å². The normalized spacial score (nSPS) is 16.7. The van der Waals surface area contributed by atoms with E-state index in [0.717, 1.165) is 29.9 Å². The van der Waals surface area contributed by atoms with Crippen LogP contribution in [0.25, 0.3) is 0 Å². The number of fused-ring (bicyclic) bond motifs is 1. The lowest BCUT2D eigenvalue weighted by Crippen LogP contribution is -2.31. The Morgan fingerprint density at radius 2 is 2.04 bits per heavy atom. The minimum Gasteiger partial charge on any atom is -0.448 e. The summed E-state index contributed by atoms with van der Waals surface area (Å²) in [5.41, 5.74) is 11.1. The van der Waals surface area contributed by atoms with Gasteiger partial charge in [0.15, 0.2) is 0 Å². The molecule has 3 N–H and O–H groups in total. The SMILES string of the molecule is CN(C)CCOC(=O)Nc1ccc(C2CN(C)Cc3c(N)cc(Cl)cc32)cc1. The number of nitrogens with two attached hydrogens (primary N) is 1. The summed E-state index contributed by atoms with van der Waals surface area (Å²) >= 11 is 6.26. The van der Waals surface area contributed by atoms with E-state index in [-0.39, 0.29) is 5.92 Å². The van der Waals surface area contributed by atoms with Gasteiger partial charge in [0, 0.05) is 41.9 Å². The quantitative estimate of drug-likeness (QED) is 0.747. The minimum atomic E-state index is -0.447. The van der Waals surface area contributed by atoms with Crippen LogP contribution in [0.2, 0.25) is 5.02 Å². The molecule has 0 spiro atoms. The van der Waals surface area contributed by atoms with Crippen molar-refractivity contribution in [1.29, 1.82) is 0 Å². The molecule has 0 saturated heterocycles. The Bertz CT molecular complexity index is 839. The number of hydrogen-bond donors (Lipinski definition) is 2. The highest BCUT2D eigenvalue weighted by molar-refractivity contribution is 6.31. The topological polar surface area (TPSA) is 70.8 Å². The number of ether oxygens (including phenoxy) is 1. The molecule has 1 heterocycles. The van der Waals surface area contributed by atoms with Gasteiger partial charge in [0.2, 0.25) is 0 Å². The van der Waals surface area contributed by atoms with Gasteiger partial charge in [-0.15, -0.1) is 0 Å². The summed E-state index contributed by atoms with van der Waals surface area (Å²) in [4.78, 5) is 16.1. The molecule has 1 amide bonds. The smallest absolute Gasteiger partial charge is 0.411 e. The zero-order valence-corrected chi connectivity index (χ0v) is 17.3. The second-order valence-corrected chi connectivity index (χ2v) is 7.93. The van der Waals surface area contributed by atoms with Crippen LogP contribution in [0.15, 0.2) is 36.4 Å². The summed E-state index contributed by atoms with van der Waals surface area (Å²) in [7, 11) is 5.95. The Kier molecular flexibility index (Phi) is 6.44. The van der Waals surface area contributed by atoms with Crippen LogP contribution < -0.4 is 11.1 Å². The molecule has 3 rings (SSSR count). The maximum Gasteiger partial charge on any atom is 0.411 e. The molecule has 0 radical (unpaired) electrons. The van der Waals surface area contributed by atoms with Crippen molar-refractivity contribution in [3.63, 3.8) is 0 Å². The predicted molar refractivity (Wildman–Crippen MR) is 114 cm³/mol. The van der Waals surface area contributed by atoms with Crippen molar-refractivity contribution in [2.75, 3.05) is 51.9 Å². The summed E-state index contributed by atoms with van der Waals surface area (Å²) in [6, 6.07) is 11.7. The first-order valence-corrected chi connectivity index (χ1v) is 9.66. The third-order valence-electron chi connectivity index (χ3n) is 4.91. The fourth-order valence-electron chi connectivity index (χ4n) is 3.48. The van der Waals surface area contributed by atoms with E-state index in [1.165, 1.54) is 5.56 Å². The van der Waals surface area contributed by atoms with E-state index in [1.807, 2.05) is 55.4 Å². The lowest BCUT2D eigenvalue weighted by molar-refractivity contribution is 0.151. The fourth-order valence-corrected chi connectivity index (χ4v) is 3.71. The number of carbonyl (C=O) groups is 1. The molecule has 1 unspecified atom stereocenters. The van der Waals surface area contributed by atoms with Crippen molar-refractivity contribution in [1.82, 2.24) is 9.80 Å². The number of anilines is 2. The van der Waals surface area contributed by atoms with Gasteiger partial charge < -0.3 is 20.3 Å². The highest BCUT2D eigenvalue weighted by atomic mass is 35.5. The van der Waals surface area contributed by atoms with Crippen LogP contribution in [0.3, 0.4) is 0 Å². The lowest BCUT2D eigenvalue weighted by Gasteiger charge is -2.33. The highest BCUT2D eigenvalue weighted by Crippen LogP contribution is 2.37. The number of rotatable bonds is 5. The van der Waals surface area contributed by atoms with Crippen LogP contribution in [-0.4, -0.2) is 56.7 Å². The first-order chi connectivity index (χ1) is 13.3. The van der Waals surface area contributed by atoms with Crippen molar-refractivity contribution < 1.29 is 9.53 Å². The van der Waals surface area contributed by atoms with Gasteiger partial charge in [0.05, 0.1) is 0 Å². The van der Waals surface area contributed by atoms with Crippen molar-refractivity contribution >= 4 is 29.1 Å². The third kappa shape index (κ3) is 4.95. The lowest BCUT2D eigenvalue weighted by atomic mass is 9.84. The molecule has 1 aliphatic rings. The molecule has 6 nitrogen and oxygen atoms in total. The van der Waals surface area contributed by atoms with E-state index >= 15 is 0 Å². The Hall–Kier alpha value is -2.28. The molecule has 28 heavy (non-hydrogen) atoms. The first-order valence-electron chi connectivity index (χ1n) is 9.28. The first kappa shape index (κ1) is 20.5. The van der Waals surface area contributed by atoms with Gasteiger partial charge in [-0.3, -0.25) is 5.32 Å². The molecule has 7 heteroatoms. The molecule has 0 bridgehead atoms. The maximum atomic E-state index is 11.9. The average molecular weight is 403 g/mol. The van der Waals surface area contributed by atoms with E-state index < -0.39 is 6.09 Å². The Morgan fingerprint density at radius 3 is 2.71 bits per heavy atom. The molecule has 0 aromatic heterocycles. The molecule has 1 aliphatic heterocycles. The van der Waals surface area contributed by atoms with Crippen molar-refractivity contribution in [3.05, 3.63) is 58.1 Å². The van der Waals surface area contributed by atoms with Gasteiger partial charge in [0.1, 0.15) is 6.61 Å². The number of hydrogen-bond acceptors (Lipinski definition) is 5. The van der Waals surface area contributed by atoms with Gasteiger partial charge in [-0.2, -0.15) is 0 Å². The summed E-state index contributed by atoms with van der Waals surface area (Å²) in [5, 5.41) is 3.42. The largest absolute Gasteiger partial charge is 0.448 e. The number of carbonyl (C=O) groups excluding carboxylic acids is 1. The monoisotopic (exact) mass is 402 g/mol. The Balaban J connectivity index is 1.73. The molecule has 2 aromatic carbocycles. The van der Waals surface area contributed by atoms with Gasteiger partial charge >= 0.3 is 6.09 Å². The number of benzene rings is 2. The van der Waals surface area contributed by atoms with Crippen molar-refractivity contribution in [3.8, 4) is 0 Å². The molecular formula is C21H27ClN4O2. The predicted octanol–water partition coefficient (Wildman–Crippen LogP) is 3.61. The fraction of sp³-hybridized carbons (Fsp3) is 0.381. The Morgan fingerprint density at radius 1 is 1.32 bits per heavy atom. The van der Waals surface area contributed by atoms with Crippen LogP contribution in [0, 0.1) is 0 Å². The van der Waals surface area contributed by atoms with E-state index in [4.69, 9.17) is 22.1 Å². The van der Waals surface area contributed by atoms with E-state index in [9.17, 15) is 4.79 Å². The zero-order chi connectivity index (χ0) is 20.3. The number of nitrogen functional groups attached to an aromatic ring is 1. The number of nitrogens with zero attached hydrogens (tertiary/aromatic N) is 2. The van der Waals surface area contributed by atoms with E-state index in [2.05, 4.69) is 17.3 Å².